The van der Waals surface area contributed by atoms with Crippen LogP contribution in [0.1, 0.15) is 83.3 Å². The monoisotopic (exact) mass is 850 g/mol. The molecule has 2 aromatic carbocycles. The Bertz CT molecular complexity index is 2140. The number of piperazine rings is 1. The molecule has 1 aliphatic heterocycles. The highest BCUT2D eigenvalue weighted by Gasteiger charge is 2.41. The Morgan fingerprint density at radius 2 is 1.48 bits per heavy atom. The lowest BCUT2D eigenvalue weighted by Gasteiger charge is -2.37. The molecule has 5 rings (SSSR count). The van der Waals surface area contributed by atoms with Crippen LogP contribution in [0, 0.1) is 5.82 Å². The number of carbonyl (C=O) groups excluding carboxylic acids is 3. The number of carbonyl (C=O) groups is 3. The summed E-state index contributed by atoms with van der Waals surface area (Å²) >= 11 is 0. The van der Waals surface area contributed by atoms with E-state index in [9.17, 15) is 28.6 Å². The molecule has 16 nitrogen and oxygen atoms in total. The number of hydrogen-bond donors (Lipinski definition) is 2. The van der Waals surface area contributed by atoms with Crippen molar-refractivity contribution in [3.05, 3.63) is 69.8 Å². The van der Waals surface area contributed by atoms with Gasteiger partial charge in [0.1, 0.15) is 22.0 Å². The molecule has 0 atom stereocenters. The van der Waals surface area contributed by atoms with Crippen molar-refractivity contribution in [3.63, 3.8) is 0 Å². The molecule has 19 heteroatoms. The molecule has 2 amide bonds. The summed E-state index contributed by atoms with van der Waals surface area (Å²) in [6.45, 7) is 12.6. The number of benzene rings is 2. The maximum absolute atomic E-state index is 15.7. The third-order valence-electron chi connectivity index (χ3n) is 9.03. The van der Waals surface area contributed by atoms with E-state index < -0.39 is 56.6 Å². The summed E-state index contributed by atoms with van der Waals surface area (Å²) in [5, 5.41) is 2.43. The molecule has 1 aromatic heterocycles. The normalized spacial score (nSPS) is 15.1. The van der Waals surface area contributed by atoms with Crippen LogP contribution in [0.2, 0.25) is 0 Å². The van der Waals surface area contributed by atoms with Gasteiger partial charge in [0.2, 0.25) is 5.43 Å². The van der Waals surface area contributed by atoms with Crippen molar-refractivity contribution in [1.82, 2.24) is 9.47 Å². The summed E-state index contributed by atoms with van der Waals surface area (Å²) in [4.78, 5) is 67.3. The van der Waals surface area contributed by atoms with Gasteiger partial charge in [0.25, 0.3) is 13.5 Å². The molecule has 58 heavy (non-hydrogen) atoms. The van der Waals surface area contributed by atoms with E-state index in [1.807, 2.05) is 4.90 Å². The number of hydrogen-bond acceptors (Lipinski definition) is 13. The summed E-state index contributed by atoms with van der Waals surface area (Å²) in [5.74, 6) is -2.43. The summed E-state index contributed by atoms with van der Waals surface area (Å²) in [6.07, 6.45) is 2.55. The third-order valence-corrected chi connectivity index (χ3v) is 14.5. The fourth-order valence-corrected chi connectivity index (χ4v) is 11.3. The second-order valence-electron chi connectivity index (χ2n) is 14.5. The number of aromatic nitrogens is 1. The van der Waals surface area contributed by atoms with Gasteiger partial charge in [-0.05, 0) is 91.1 Å². The Hall–Kier alpha value is -4.08. The number of amides is 2. The number of ether oxygens (including phenoxy) is 2. The van der Waals surface area contributed by atoms with Crippen LogP contribution in [0.25, 0.3) is 10.9 Å². The lowest BCUT2D eigenvalue weighted by molar-refractivity contribution is -0.119. The highest BCUT2D eigenvalue weighted by atomic mass is 31.2. The van der Waals surface area contributed by atoms with E-state index in [-0.39, 0.29) is 65.4 Å². The van der Waals surface area contributed by atoms with Gasteiger partial charge < -0.3 is 52.1 Å². The molecule has 2 N–H and O–H groups in total. The number of esters is 1. The van der Waals surface area contributed by atoms with Gasteiger partial charge >= 0.3 is 19.7 Å². The molecular weight excluding hydrogens is 797 g/mol. The molecule has 0 radical (unpaired) electrons. The van der Waals surface area contributed by atoms with Crippen molar-refractivity contribution in [2.45, 2.75) is 73.0 Å². The van der Waals surface area contributed by atoms with E-state index in [1.54, 1.807) is 64.0 Å². The van der Waals surface area contributed by atoms with E-state index in [2.05, 4.69) is 5.32 Å². The molecule has 318 valence electrons. The predicted molar refractivity (Wildman–Crippen MR) is 219 cm³/mol. The standard InChI is InChI=1S/C39H53FN4O12P2/c1-8-52-57(49,53-9-2)37(58(50,54-10-3)55-11-4)26-12-14-27(15-13-26)41-34(45)25-51-36(47)30-24-44(28-16-17-28)32-23-33(31(40)22-29(32)35(30)46)42-18-20-43(21-19-42)38(48)56-39(5,6)7/h12-15,22-24,28,49H,8-11,16-21,25H2,1-7H3,(H,41,45). The van der Waals surface area contributed by atoms with Crippen LogP contribution in [0.5, 0.6) is 0 Å². The average Bonchev–Trinajstić information content (AvgIpc) is 4.00. The first kappa shape index (κ1) is 45.0. The molecule has 1 saturated carbocycles. The van der Waals surface area contributed by atoms with Gasteiger partial charge in [0.15, 0.2) is 6.61 Å². The molecule has 0 spiro atoms. The highest BCUT2D eigenvalue weighted by Crippen LogP contribution is 2.63. The summed E-state index contributed by atoms with van der Waals surface area (Å²) in [7, 11) is -8.05. The maximum atomic E-state index is 15.7. The zero-order valence-electron chi connectivity index (χ0n) is 33.9. The van der Waals surface area contributed by atoms with Crippen LogP contribution in [0.4, 0.5) is 20.6 Å². The van der Waals surface area contributed by atoms with Gasteiger partial charge in [-0.15, -0.1) is 0 Å². The van der Waals surface area contributed by atoms with Crippen molar-refractivity contribution in [2.24, 2.45) is 0 Å². The minimum atomic E-state index is -4.12. The third kappa shape index (κ3) is 10.6. The van der Waals surface area contributed by atoms with Crippen LogP contribution < -0.4 is 15.6 Å². The molecular formula is C39H53FN4O12P2. The van der Waals surface area contributed by atoms with Gasteiger partial charge in [-0.2, -0.15) is 0 Å². The van der Waals surface area contributed by atoms with Gasteiger partial charge in [0, 0.05) is 49.5 Å². The average molecular weight is 851 g/mol. The largest absolute Gasteiger partial charge is 0.452 e. The Morgan fingerprint density at radius 3 is 2.02 bits per heavy atom. The van der Waals surface area contributed by atoms with Crippen LogP contribution in [0.3, 0.4) is 0 Å². The first-order valence-corrected chi connectivity index (χ1v) is 22.5. The number of nitrogens with zero attached hydrogens (tertiary/aromatic N) is 3. The Labute approximate surface area is 337 Å². The van der Waals surface area contributed by atoms with Crippen LogP contribution >= 0.6 is 15.2 Å². The molecule has 0 unspecified atom stereocenters. The number of halogens is 1. The fraction of sp³-hybridized carbons (Fsp3) is 0.513. The molecule has 1 aliphatic carbocycles. The Kier molecular flexibility index (Phi) is 14.7. The summed E-state index contributed by atoms with van der Waals surface area (Å²) in [5.41, 5.74) is -0.488. The molecule has 2 heterocycles. The van der Waals surface area contributed by atoms with Crippen LogP contribution in [-0.4, -0.2) is 102 Å². The number of rotatable bonds is 16. The van der Waals surface area contributed by atoms with E-state index in [4.69, 9.17) is 27.6 Å². The van der Waals surface area contributed by atoms with Crippen molar-refractivity contribution in [2.75, 3.05) is 69.4 Å². The van der Waals surface area contributed by atoms with Gasteiger partial charge in [0.05, 0.1) is 37.6 Å². The number of nitrogens with one attached hydrogen (secondary N) is 1. The number of anilines is 2. The second-order valence-corrected chi connectivity index (χ2v) is 18.8. The van der Waals surface area contributed by atoms with E-state index in [1.165, 1.54) is 30.5 Å². The molecule has 1 saturated heterocycles. The van der Waals surface area contributed by atoms with Gasteiger partial charge in [-0.25, -0.2) is 14.0 Å². The maximum Gasteiger partial charge on any atom is 0.410 e. The minimum absolute atomic E-state index is 0.00283. The second kappa shape index (κ2) is 18.9. The highest BCUT2D eigenvalue weighted by molar-refractivity contribution is 7.89. The smallest absolute Gasteiger partial charge is 0.410 e. The summed E-state index contributed by atoms with van der Waals surface area (Å²) < 4.78 is 64.6. The van der Waals surface area contributed by atoms with Crippen molar-refractivity contribution >= 4 is 60.4 Å². The van der Waals surface area contributed by atoms with Crippen molar-refractivity contribution in [1.29, 1.82) is 0 Å². The molecule has 2 fully saturated rings. The van der Waals surface area contributed by atoms with Crippen LogP contribution in [-0.2, 0) is 36.9 Å². The predicted octanol–water partition coefficient (Wildman–Crippen LogP) is 6.90. The van der Waals surface area contributed by atoms with Crippen molar-refractivity contribution in [3.8, 4) is 0 Å². The summed E-state index contributed by atoms with van der Waals surface area (Å²) in [6, 6.07) is 8.61. The topological polar surface area (TPSA) is 184 Å². The number of pyridine rings is 1. The number of fused-ring (bicyclic) bond motifs is 1. The lowest BCUT2D eigenvalue weighted by atomic mass is 10.1. The SMILES string of the molecule is CCOP(=O)(OCC)C(c1ccc(NC(=O)COC(=O)c2cn(C3CC3)c3cc(N4CCN(C(=O)OC(C)(C)C)CC4)c(F)cc3c2=O)cc1)=P(O)(OCC)OCC. The molecule has 0 bridgehead atoms. The first-order chi connectivity index (χ1) is 27.5. The van der Waals surface area contributed by atoms with Gasteiger partial charge in [-0.3, -0.25) is 14.2 Å². The van der Waals surface area contributed by atoms with E-state index >= 15 is 4.39 Å². The lowest BCUT2D eigenvalue weighted by Crippen LogP contribution is -2.50. The van der Waals surface area contributed by atoms with Crippen LogP contribution in [0.15, 0.2) is 47.4 Å². The Balaban J connectivity index is 1.31. The quantitative estimate of drug-likeness (QED) is 0.112. The fourth-order valence-electron chi connectivity index (χ4n) is 6.45. The van der Waals surface area contributed by atoms with E-state index in [0.717, 1.165) is 18.9 Å². The first-order valence-electron chi connectivity index (χ1n) is 19.3. The molecule has 2 aliphatic rings. The molecule has 3 aromatic rings. The van der Waals surface area contributed by atoms with E-state index in [0.29, 0.717) is 31.7 Å². The van der Waals surface area contributed by atoms with Gasteiger partial charge in [-0.1, -0.05) is 12.1 Å². The zero-order chi connectivity index (χ0) is 42.4. The minimum Gasteiger partial charge on any atom is -0.452 e. The van der Waals surface area contributed by atoms with Crippen molar-refractivity contribution < 1.29 is 55.8 Å². The zero-order valence-corrected chi connectivity index (χ0v) is 35.7. The Morgan fingerprint density at radius 1 is 0.897 bits per heavy atom.